The molecular formula is C15H17NS. The second-order valence-electron chi connectivity index (χ2n) is 4.11. The minimum absolute atomic E-state index is 1.05. The van der Waals surface area contributed by atoms with Crippen LogP contribution in [0, 0.1) is 6.92 Å². The van der Waals surface area contributed by atoms with Gasteiger partial charge < -0.3 is 0 Å². The smallest absolute Gasteiger partial charge is 0.0411 e. The third kappa shape index (κ3) is 4.23. The first-order chi connectivity index (χ1) is 8.34. The van der Waals surface area contributed by atoms with Crippen molar-refractivity contribution in [2.24, 2.45) is 0 Å². The maximum absolute atomic E-state index is 4.32. The molecule has 0 aliphatic heterocycles. The normalized spacial score (nSPS) is 10.4. The van der Waals surface area contributed by atoms with Gasteiger partial charge in [-0.1, -0.05) is 35.9 Å². The average molecular weight is 243 g/mol. The van der Waals surface area contributed by atoms with E-state index >= 15 is 0 Å². The van der Waals surface area contributed by atoms with Crippen molar-refractivity contribution >= 4 is 11.8 Å². The lowest BCUT2D eigenvalue weighted by Crippen LogP contribution is -1.92. The second-order valence-corrected chi connectivity index (χ2v) is 5.22. The summed E-state index contributed by atoms with van der Waals surface area (Å²) in [7, 11) is 0. The number of aryl methyl sites for hydroxylation is 2. The van der Waals surface area contributed by atoms with E-state index in [2.05, 4.69) is 42.2 Å². The number of nitrogens with zero attached hydrogens (tertiary/aromatic N) is 1. The van der Waals surface area contributed by atoms with Crippen molar-refractivity contribution in [3.8, 4) is 0 Å². The first-order valence-corrected chi connectivity index (χ1v) is 7.03. The van der Waals surface area contributed by atoms with E-state index in [1.165, 1.54) is 16.8 Å². The van der Waals surface area contributed by atoms with Gasteiger partial charge in [0.25, 0.3) is 0 Å². The molecule has 0 saturated carbocycles. The molecule has 0 aliphatic rings. The number of benzene rings is 1. The van der Waals surface area contributed by atoms with Crippen LogP contribution in [-0.4, -0.2) is 10.7 Å². The molecule has 88 valence electrons. The van der Waals surface area contributed by atoms with Gasteiger partial charge in [0.05, 0.1) is 0 Å². The molecule has 1 heterocycles. The highest BCUT2D eigenvalue weighted by Crippen LogP contribution is 2.14. The SMILES string of the molecule is Cc1cccc(CSCCc2ccccn2)c1. The fourth-order valence-electron chi connectivity index (χ4n) is 1.71. The molecule has 0 radical (unpaired) electrons. The predicted octanol–water partition coefficient (Wildman–Crippen LogP) is 3.87. The number of pyridine rings is 1. The lowest BCUT2D eigenvalue weighted by atomic mass is 10.2. The summed E-state index contributed by atoms with van der Waals surface area (Å²) in [5.41, 5.74) is 3.94. The van der Waals surface area contributed by atoms with Gasteiger partial charge in [-0.2, -0.15) is 11.8 Å². The zero-order valence-corrected chi connectivity index (χ0v) is 10.9. The lowest BCUT2D eigenvalue weighted by Gasteiger charge is -2.03. The molecule has 0 atom stereocenters. The van der Waals surface area contributed by atoms with E-state index in [0.29, 0.717) is 0 Å². The molecule has 1 aromatic heterocycles. The predicted molar refractivity (Wildman–Crippen MR) is 75.3 cm³/mol. The van der Waals surface area contributed by atoms with Gasteiger partial charge in [0, 0.05) is 17.6 Å². The van der Waals surface area contributed by atoms with Crippen LogP contribution in [0.25, 0.3) is 0 Å². The van der Waals surface area contributed by atoms with Crippen LogP contribution in [0.15, 0.2) is 48.7 Å². The highest BCUT2D eigenvalue weighted by Gasteiger charge is 1.96. The molecule has 1 aromatic carbocycles. The number of thioether (sulfide) groups is 1. The first kappa shape index (κ1) is 12.2. The van der Waals surface area contributed by atoms with Crippen LogP contribution in [0.2, 0.25) is 0 Å². The summed E-state index contributed by atoms with van der Waals surface area (Å²) in [5.74, 6) is 2.22. The molecule has 0 saturated heterocycles. The summed E-state index contributed by atoms with van der Waals surface area (Å²) in [6, 6.07) is 14.8. The topological polar surface area (TPSA) is 12.9 Å². The van der Waals surface area contributed by atoms with Crippen LogP contribution >= 0.6 is 11.8 Å². The quantitative estimate of drug-likeness (QED) is 0.739. The van der Waals surface area contributed by atoms with E-state index in [4.69, 9.17) is 0 Å². The summed E-state index contributed by atoms with van der Waals surface area (Å²) in [6.07, 6.45) is 2.91. The van der Waals surface area contributed by atoms with Gasteiger partial charge in [-0.3, -0.25) is 4.98 Å². The van der Waals surface area contributed by atoms with Gasteiger partial charge in [0.1, 0.15) is 0 Å². The monoisotopic (exact) mass is 243 g/mol. The third-order valence-corrected chi connectivity index (χ3v) is 3.61. The van der Waals surface area contributed by atoms with Crippen LogP contribution < -0.4 is 0 Å². The van der Waals surface area contributed by atoms with E-state index in [1.54, 1.807) is 0 Å². The van der Waals surface area contributed by atoms with Crippen molar-refractivity contribution in [3.63, 3.8) is 0 Å². The zero-order chi connectivity index (χ0) is 11.9. The molecule has 17 heavy (non-hydrogen) atoms. The van der Waals surface area contributed by atoms with Crippen LogP contribution in [0.5, 0.6) is 0 Å². The number of aromatic nitrogens is 1. The van der Waals surface area contributed by atoms with Crippen LogP contribution in [-0.2, 0) is 12.2 Å². The van der Waals surface area contributed by atoms with Crippen LogP contribution in [0.3, 0.4) is 0 Å². The summed E-state index contributed by atoms with van der Waals surface area (Å²) in [4.78, 5) is 4.32. The van der Waals surface area contributed by atoms with Crippen molar-refractivity contribution in [3.05, 3.63) is 65.5 Å². The summed E-state index contributed by atoms with van der Waals surface area (Å²) in [5, 5.41) is 0. The Balaban J connectivity index is 1.73. The standard InChI is InChI=1S/C15H17NS/c1-13-5-4-6-14(11-13)12-17-10-8-15-7-2-3-9-16-15/h2-7,9,11H,8,10,12H2,1H3. The molecule has 0 unspecified atom stereocenters. The van der Waals surface area contributed by atoms with Crippen LogP contribution in [0.1, 0.15) is 16.8 Å². The largest absolute Gasteiger partial charge is 0.261 e. The molecule has 0 N–H and O–H groups in total. The Morgan fingerprint density at radius 1 is 1.12 bits per heavy atom. The molecule has 2 heteroatoms. The molecule has 0 fully saturated rings. The Morgan fingerprint density at radius 3 is 2.82 bits per heavy atom. The van der Waals surface area contributed by atoms with E-state index in [1.807, 2.05) is 30.1 Å². The molecule has 0 bridgehead atoms. The molecule has 2 aromatic rings. The molecule has 0 amide bonds. The van der Waals surface area contributed by atoms with Crippen molar-refractivity contribution in [1.82, 2.24) is 4.98 Å². The maximum atomic E-state index is 4.32. The Morgan fingerprint density at radius 2 is 2.06 bits per heavy atom. The minimum Gasteiger partial charge on any atom is -0.261 e. The fraction of sp³-hybridized carbons (Fsp3) is 0.267. The zero-order valence-electron chi connectivity index (χ0n) is 10.1. The third-order valence-electron chi connectivity index (χ3n) is 2.58. The highest BCUT2D eigenvalue weighted by atomic mass is 32.2. The fourth-order valence-corrected chi connectivity index (χ4v) is 2.63. The molecule has 1 nitrogen and oxygen atoms in total. The van der Waals surface area contributed by atoms with Gasteiger partial charge >= 0.3 is 0 Å². The molecule has 2 rings (SSSR count). The summed E-state index contributed by atoms with van der Waals surface area (Å²) in [6.45, 7) is 2.14. The summed E-state index contributed by atoms with van der Waals surface area (Å²) < 4.78 is 0. The van der Waals surface area contributed by atoms with Crippen molar-refractivity contribution in [1.29, 1.82) is 0 Å². The van der Waals surface area contributed by atoms with Gasteiger partial charge in [-0.05, 0) is 36.8 Å². The Hall–Kier alpha value is -1.28. The first-order valence-electron chi connectivity index (χ1n) is 5.88. The Kier molecular flexibility index (Phi) is 4.63. The van der Waals surface area contributed by atoms with Crippen molar-refractivity contribution in [2.75, 3.05) is 5.75 Å². The molecular weight excluding hydrogens is 226 g/mol. The van der Waals surface area contributed by atoms with E-state index in [0.717, 1.165) is 17.9 Å². The minimum atomic E-state index is 1.05. The highest BCUT2D eigenvalue weighted by molar-refractivity contribution is 7.98. The van der Waals surface area contributed by atoms with E-state index in [-0.39, 0.29) is 0 Å². The van der Waals surface area contributed by atoms with Gasteiger partial charge in [-0.15, -0.1) is 0 Å². The van der Waals surface area contributed by atoms with E-state index in [9.17, 15) is 0 Å². The second kappa shape index (κ2) is 6.45. The molecule has 0 aliphatic carbocycles. The van der Waals surface area contributed by atoms with Crippen molar-refractivity contribution in [2.45, 2.75) is 19.1 Å². The molecule has 0 spiro atoms. The average Bonchev–Trinajstić information content (AvgIpc) is 2.36. The lowest BCUT2D eigenvalue weighted by molar-refractivity contribution is 1.05. The number of hydrogen-bond donors (Lipinski definition) is 0. The Labute approximate surface area is 107 Å². The van der Waals surface area contributed by atoms with Gasteiger partial charge in [-0.25, -0.2) is 0 Å². The number of hydrogen-bond acceptors (Lipinski definition) is 2. The number of rotatable bonds is 5. The van der Waals surface area contributed by atoms with Gasteiger partial charge in [0.2, 0.25) is 0 Å². The summed E-state index contributed by atoms with van der Waals surface area (Å²) >= 11 is 1.97. The maximum Gasteiger partial charge on any atom is 0.0411 e. The van der Waals surface area contributed by atoms with E-state index < -0.39 is 0 Å². The van der Waals surface area contributed by atoms with Gasteiger partial charge in [0.15, 0.2) is 0 Å². The van der Waals surface area contributed by atoms with Crippen molar-refractivity contribution < 1.29 is 0 Å². The van der Waals surface area contributed by atoms with Crippen LogP contribution in [0.4, 0.5) is 0 Å². The Bertz CT molecular complexity index is 453.